The van der Waals surface area contributed by atoms with E-state index in [2.05, 4.69) is 40.7 Å². The van der Waals surface area contributed by atoms with Crippen LogP contribution in [0.25, 0.3) is 11.0 Å². The Morgan fingerprint density at radius 2 is 2.14 bits per heavy atom. The number of thiazole rings is 1. The lowest BCUT2D eigenvalue weighted by Gasteiger charge is -2.07. The average molecular weight is 317 g/mol. The van der Waals surface area contributed by atoms with E-state index in [0.717, 1.165) is 24.2 Å². The van der Waals surface area contributed by atoms with E-state index in [-0.39, 0.29) is 0 Å². The number of hydrogen-bond acceptors (Lipinski definition) is 4. The van der Waals surface area contributed by atoms with Crippen LogP contribution in [0, 0.1) is 0 Å². The monoisotopic (exact) mass is 317 g/mol. The van der Waals surface area contributed by atoms with Crippen molar-refractivity contribution in [2.45, 2.75) is 37.1 Å². The highest BCUT2D eigenvalue weighted by molar-refractivity contribution is 8.00. The summed E-state index contributed by atoms with van der Waals surface area (Å²) >= 11 is 3.58. The lowest BCUT2D eigenvalue weighted by atomic mass is 10.3. The van der Waals surface area contributed by atoms with Crippen LogP contribution < -0.4 is 0 Å². The first-order valence-corrected chi connectivity index (χ1v) is 9.21. The molecule has 0 amide bonds. The lowest BCUT2D eigenvalue weighted by molar-refractivity contribution is 0.622. The van der Waals surface area contributed by atoms with Gasteiger partial charge < -0.3 is 4.57 Å². The Morgan fingerprint density at radius 1 is 1.24 bits per heavy atom. The van der Waals surface area contributed by atoms with Gasteiger partial charge in [-0.1, -0.05) is 30.8 Å². The first kappa shape index (κ1) is 14.6. The van der Waals surface area contributed by atoms with E-state index >= 15 is 0 Å². The maximum atomic E-state index is 4.72. The highest BCUT2D eigenvalue weighted by atomic mass is 32.2. The number of unbranched alkanes of at least 4 members (excludes halogenated alkanes) is 1. The minimum atomic E-state index is 0.989. The minimum Gasteiger partial charge on any atom is -0.328 e. The van der Waals surface area contributed by atoms with Crippen LogP contribution in [0.3, 0.4) is 0 Å². The standard InChI is InChI=1S/C16H19N3S2/c1-2-15-18-13-7-3-4-8-14(13)19(15)10-5-6-11-20-16-17-9-12-21-16/h3-4,7-9,12H,2,5-6,10-11H2,1H3. The number of rotatable bonds is 7. The Bertz CT molecular complexity index is 689. The molecule has 2 heterocycles. The van der Waals surface area contributed by atoms with E-state index in [4.69, 9.17) is 4.98 Å². The molecule has 0 aliphatic heterocycles. The van der Waals surface area contributed by atoms with Gasteiger partial charge in [-0.3, -0.25) is 0 Å². The van der Waals surface area contributed by atoms with Crippen molar-refractivity contribution in [3.05, 3.63) is 41.7 Å². The molecule has 0 saturated carbocycles. The molecule has 2 aromatic heterocycles. The number of benzene rings is 1. The highest BCUT2D eigenvalue weighted by Gasteiger charge is 2.08. The topological polar surface area (TPSA) is 30.7 Å². The fourth-order valence-corrected chi connectivity index (χ4v) is 4.17. The van der Waals surface area contributed by atoms with Crippen LogP contribution in [-0.2, 0) is 13.0 Å². The molecular weight excluding hydrogens is 298 g/mol. The van der Waals surface area contributed by atoms with Crippen LogP contribution in [0.1, 0.15) is 25.6 Å². The normalized spacial score (nSPS) is 11.3. The maximum Gasteiger partial charge on any atom is 0.149 e. The second-order valence-corrected chi connectivity index (χ2v) is 7.11. The van der Waals surface area contributed by atoms with Gasteiger partial charge in [-0.25, -0.2) is 9.97 Å². The van der Waals surface area contributed by atoms with Gasteiger partial charge in [0.25, 0.3) is 0 Å². The third-order valence-corrected chi connectivity index (χ3v) is 5.51. The molecule has 0 radical (unpaired) electrons. The van der Waals surface area contributed by atoms with E-state index < -0.39 is 0 Å². The number of fused-ring (bicyclic) bond motifs is 1. The molecule has 3 aromatic rings. The van der Waals surface area contributed by atoms with E-state index in [1.165, 1.54) is 28.5 Å². The third kappa shape index (κ3) is 3.47. The molecule has 0 bridgehead atoms. The van der Waals surface area contributed by atoms with E-state index in [9.17, 15) is 0 Å². The molecule has 110 valence electrons. The van der Waals surface area contributed by atoms with Crippen molar-refractivity contribution < 1.29 is 0 Å². The number of para-hydroxylation sites is 2. The molecule has 1 aromatic carbocycles. The van der Waals surface area contributed by atoms with Gasteiger partial charge in [-0.15, -0.1) is 11.3 Å². The van der Waals surface area contributed by atoms with Crippen LogP contribution in [0.4, 0.5) is 0 Å². The zero-order valence-electron chi connectivity index (χ0n) is 12.2. The number of imidazole rings is 1. The molecule has 0 fully saturated rings. The number of hydrogen-bond donors (Lipinski definition) is 0. The largest absolute Gasteiger partial charge is 0.328 e. The number of aromatic nitrogens is 3. The van der Waals surface area contributed by atoms with Crippen molar-refractivity contribution in [2.24, 2.45) is 0 Å². The summed E-state index contributed by atoms with van der Waals surface area (Å²) in [5.74, 6) is 2.34. The van der Waals surface area contributed by atoms with Crippen LogP contribution >= 0.6 is 23.1 Å². The van der Waals surface area contributed by atoms with Crippen molar-refractivity contribution in [1.82, 2.24) is 14.5 Å². The SMILES string of the molecule is CCc1nc2ccccc2n1CCCCSc1nccs1. The second-order valence-electron chi connectivity index (χ2n) is 4.88. The summed E-state index contributed by atoms with van der Waals surface area (Å²) in [4.78, 5) is 9.02. The van der Waals surface area contributed by atoms with Crippen molar-refractivity contribution in [3.8, 4) is 0 Å². The van der Waals surface area contributed by atoms with Crippen molar-refractivity contribution in [1.29, 1.82) is 0 Å². The van der Waals surface area contributed by atoms with Gasteiger partial charge in [0.2, 0.25) is 0 Å². The first-order chi connectivity index (χ1) is 10.4. The molecule has 3 nitrogen and oxygen atoms in total. The van der Waals surface area contributed by atoms with E-state index in [0.29, 0.717) is 0 Å². The summed E-state index contributed by atoms with van der Waals surface area (Å²) in [5, 5.41) is 2.04. The Morgan fingerprint density at radius 3 is 2.95 bits per heavy atom. The summed E-state index contributed by atoms with van der Waals surface area (Å²) in [7, 11) is 0. The number of nitrogens with zero attached hydrogens (tertiary/aromatic N) is 3. The Labute approximate surface area is 133 Å². The number of aryl methyl sites for hydroxylation is 2. The van der Waals surface area contributed by atoms with Crippen LogP contribution in [-0.4, -0.2) is 20.3 Å². The predicted octanol–water partition coefficient (Wildman–Crippen LogP) is 4.63. The Hall–Kier alpha value is -1.33. The summed E-state index contributed by atoms with van der Waals surface area (Å²) in [5.41, 5.74) is 2.38. The van der Waals surface area contributed by atoms with Gasteiger partial charge in [0.15, 0.2) is 0 Å². The van der Waals surface area contributed by atoms with Crippen LogP contribution in [0.5, 0.6) is 0 Å². The van der Waals surface area contributed by atoms with E-state index in [1.54, 1.807) is 11.3 Å². The molecule has 0 spiro atoms. The molecule has 0 saturated heterocycles. The van der Waals surface area contributed by atoms with Crippen LogP contribution in [0.15, 0.2) is 40.2 Å². The molecule has 0 aliphatic carbocycles. The van der Waals surface area contributed by atoms with Gasteiger partial charge in [-0.2, -0.15) is 0 Å². The first-order valence-electron chi connectivity index (χ1n) is 7.35. The molecule has 5 heteroatoms. The van der Waals surface area contributed by atoms with Gasteiger partial charge >= 0.3 is 0 Å². The number of thioether (sulfide) groups is 1. The maximum absolute atomic E-state index is 4.72. The molecule has 0 atom stereocenters. The van der Waals surface area contributed by atoms with Crippen molar-refractivity contribution in [2.75, 3.05) is 5.75 Å². The van der Waals surface area contributed by atoms with Gasteiger partial charge in [0.05, 0.1) is 11.0 Å². The highest BCUT2D eigenvalue weighted by Crippen LogP contribution is 2.22. The fourth-order valence-electron chi connectivity index (χ4n) is 2.46. The molecular formula is C16H19N3S2. The Balaban J connectivity index is 1.57. The zero-order chi connectivity index (χ0) is 14.5. The predicted molar refractivity (Wildman–Crippen MR) is 91.2 cm³/mol. The van der Waals surface area contributed by atoms with Crippen molar-refractivity contribution in [3.63, 3.8) is 0 Å². The smallest absolute Gasteiger partial charge is 0.149 e. The summed E-state index contributed by atoms with van der Waals surface area (Å²) in [6.45, 7) is 3.23. The van der Waals surface area contributed by atoms with Gasteiger partial charge in [-0.05, 0) is 25.0 Å². The summed E-state index contributed by atoms with van der Waals surface area (Å²) in [6.07, 6.45) is 5.26. The zero-order valence-corrected chi connectivity index (χ0v) is 13.8. The quantitative estimate of drug-likeness (QED) is 0.470. The van der Waals surface area contributed by atoms with Gasteiger partial charge in [0.1, 0.15) is 10.2 Å². The second kappa shape index (κ2) is 7.09. The molecule has 0 aliphatic rings. The summed E-state index contributed by atoms with van der Waals surface area (Å²) in [6, 6.07) is 8.43. The summed E-state index contributed by atoms with van der Waals surface area (Å²) < 4.78 is 3.56. The van der Waals surface area contributed by atoms with Crippen molar-refractivity contribution >= 4 is 34.1 Å². The van der Waals surface area contributed by atoms with Crippen LogP contribution in [0.2, 0.25) is 0 Å². The van der Waals surface area contributed by atoms with Gasteiger partial charge in [0, 0.05) is 30.3 Å². The fraction of sp³-hybridized carbons (Fsp3) is 0.375. The molecule has 21 heavy (non-hydrogen) atoms. The average Bonchev–Trinajstić information content (AvgIpc) is 3.14. The molecule has 0 N–H and O–H groups in total. The molecule has 0 unspecified atom stereocenters. The Kier molecular flexibility index (Phi) is 4.93. The molecule has 3 rings (SSSR count). The minimum absolute atomic E-state index is 0.989. The van der Waals surface area contributed by atoms with E-state index in [1.807, 2.05) is 23.3 Å². The lowest BCUT2D eigenvalue weighted by Crippen LogP contribution is -2.03. The third-order valence-electron chi connectivity index (χ3n) is 3.46.